The minimum atomic E-state index is -3.71. The van der Waals surface area contributed by atoms with Crippen LogP contribution in [-0.4, -0.2) is 30.7 Å². The predicted molar refractivity (Wildman–Crippen MR) is 69.7 cm³/mol. The van der Waals surface area contributed by atoms with Crippen molar-refractivity contribution in [2.75, 3.05) is 11.8 Å². The molecular formula is C11H14N4O3S. The van der Waals surface area contributed by atoms with Crippen LogP contribution in [0.4, 0.5) is 5.95 Å². The zero-order chi connectivity index (χ0) is 14.0. The van der Waals surface area contributed by atoms with E-state index in [0.29, 0.717) is 16.9 Å². The third kappa shape index (κ3) is 2.68. The topological polar surface area (TPSA) is 97.0 Å². The second-order valence-corrected chi connectivity index (χ2v) is 5.65. The molecule has 1 aromatic heterocycles. The fourth-order valence-electron chi connectivity index (χ4n) is 1.89. The molecular weight excluding hydrogens is 268 g/mol. The van der Waals surface area contributed by atoms with Gasteiger partial charge in [0.2, 0.25) is 5.95 Å². The number of aromatic amines is 1. The number of H-pyrrole nitrogens is 1. The van der Waals surface area contributed by atoms with Crippen LogP contribution >= 0.6 is 0 Å². The largest absolute Gasteiger partial charge is 0.497 e. The number of rotatable bonds is 4. The summed E-state index contributed by atoms with van der Waals surface area (Å²) in [6, 6.07) is 3.34. The number of methoxy groups -OCH3 is 1. The summed E-state index contributed by atoms with van der Waals surface area (Å²) in [4.78, 5) is 3.95. The number of aryl methyl sites for hydroxylation is 2. The van der Waals surface area contributed by atoms with Crippen LogP contribution in [0.15, 0.2) is 23.4 Å². The van der Waals surface area contributed by atoms with Gasteiger partial charge in [-0.15, -0.1) is 0 Å². The maximum Gasteiger partial charge on any atom is 0.264 e. The van der Waals surface area contributed by atoms with Crippen molar-refractivity contribution in [2.45, 2.75) is 18.7 Å². The lowest BCUT2D eigenvalue weighted by Crippen LogP contribution is -2.16. The van der Waals surface area contributed by atoms with E-state index in [2.05, 4.69) is 19.9 Å². The summed E-state index contributed by atoms with van der Waals surface area (Å²) in [7, 11) is -2.17. The molecule has 102 valence electrons. The van der Waals surface area contributed by atoms with Gasteiger partial charge in [-0.3, -0.25) is 0 Å². The number of anilines is 1. The summed E-state index contributed by atoms with van der Waals surface area (Å²) in [6.07, 6.45) is 1.23. The van der Waals surface area contributed by atoms with E-state index in [9.17, 15) is 8.42 Å². The molecule has 0 bridgehead atoms. The molecule has 2 N–H and O–H groups in total. The Labute approximate surface area is 111 Å². The quantitative estimate of drug-likeness (QED) is 0.879. The normalized spacial score (nSPS) is 11.3. The molecule has 0 radical (unpaired) electrons. The molecule has 8 heteroatoms. The van der Waals surface area contributed by atoms with Gasteiger partial charge in [0.25, 0.3) is 10.0 Å². The zero-order valence-corrected chi connectivity index (χ0v) is 11.6. The fraction of sp³-hybridized carbons (Fsp3) is 0.273. The van der Waals surface area contributed by atoms with Crippen LogP contribution < -0.4 is 9.46 Å². The Kier molecular flexibility index (Phi) is 3.43. The smallest absolute Gasteiger partial charge is 0.264 e. The molecule has 0 saturated heterocycles. The second kappa shape index (κ2) is 4.88. The molecule has 0 aliphatic rings. The highest BCUT2D eigenvalue weighted by molar-refractivity contribution is 7.92. The lowest BCUT2D eigenvalue weighted by molar-refractivity contribution is 0.413. The Bertz CT molecular complexity index is 657. The predicted octanol–water partition coefficient (Wildman–Crippen LogP) is 1.23. The fourth-order valence-corrected chi connectivity index (χ4v) is 3.31. The molecule has 2 aromatic rings. The van der Waals surface area contributed by atoms with Gasteiger partial charge in [0.05, 0.1) is 12.0 Å². The molecule has 1 heterocycles. The average Bonchev–Trinajstić information content (AvgIpc) is 2.79. The van der Waals surface area contributed by atoms with Gasteiger partial charge >= 0.3 is 0 Å². The number of aromatic nitrogens is 3. The Morgan fingerprint density at radius 3 is 2.37 bits per heavy atom. The van der Waals surface area contributed by atoms with Crippen molar-refractivity contribution in [2.24, 2.45) is 0 Å². The Morgan fingerprint density at radius 1 is 1.26 bits per heavy atom. The molecule has 0 atom stereocenters. The number of ether oxygens (including phenoxy) is 1. The first-order chi connectivity index (χ1) is 8.94. The summed E-state index contributed by atoms with van der Waals surface area (Å²) in [5.41, 5.74) is 1.20. The number of hydrogen-bond acceptors (Lipinski definition) is 5. The van der Waals surface area contributed by atoms with E-state index in [1.807, 2.05) is 0 Å². The van der Waals surface area contributed by atoms with Crippen LogP contribution in [0.25, 0.3) is 0 Å². The molecule has 19 heavy (non-hydrogen) atoms. The summed E-state index contributed by atoms with van der Waals surface area (Å²) >= 11 is 0. The summed E-state index contributed by atoms with van der Waals surface area (Å²) in [6.45, 7) is 3.43. The van der Waals surface area contributed by atoms with Crippen LogP contribution in [0.5, 0.6) is 5.75 Å². The van der Waals surface area contributed by atoms with Gasteiger partial charge in [0, 0.05) is 0 Å². The van der Waals surface area contributed by atoms with Gasteiger partial charge in [-0.05, 0) is 37.1 Å². The van der Waals surface area contributed by atoms with Gasteiger partial charge in [-0.2, -0.15) is 10.1 Å². The first-order valence-corrected chi connectivity index (χ1v) is 6.96. The second-order valence-electron chi connectivity index (χ2n) is 4.03. The van der Waals surface area contributed by atoms with Crippen LogP contribution in [0.3, 0.4) is 0 Å². The maximum absolute atomic E-state index is 12.3. The number of nitrogens with one attached hydrogen (secondary N) is 2. The van der Waals surface area contributed by atoms with Crippen molar-refractivity contribution in [3.63, 3.8) is 0 Å². The van der Waals surface area contributed by atoms with Gasteiger partial charge in [0.15, 0.2) is 0 Å². The molecule has 0 fully saturated rings. The van der Waals surface area contributed by atoms with Crippen molar-refractivity contribution < 1.29 is 13.2 Å². The van der Waals surface area contributed by atoms with Gasteiger partial charge in [0.1, 0.15) is 12.1 Å². The third-order valence-electron chi connectivity index (χ3n) is 2.58. The summed E-state index contributed by atoms with van der Waals surface area (Å²) < 4.78 is 32.0. The van der Waals surface area contributed by atoms with Crippen LogP contribution in [0.2, 0.25) is 0 Å². The number of hydrogen-bond donors (Lipinski definition) is 2. The lowest BCUT2D eigenvalue weighted by atomic mass is 10.1. The number of nitrogens with zero attached hydrogens (tertiary/aromatic N) is 2. The van der Waals surface area contributed by atoms with E-state index in [4.69, 9.17) is 4.74 Å². The molecule has 0 spiro atoms. The van der Waals surface area contributed by atoms with E-state index in [1.54, 1.807) is 26.0 Å². The highest BCUT2D eigenvalue weighted by Gasteiger charge is 2.21. The van der Waals surface area contributed by atoms with E-state index in [1.165, 1.54) is 13.4 Å². The molecule has 0 saturated carbocycles. The van der Waals surface area contributed by atoms with E-state index in [0.717, 1.165) is 0 Å². The summed E-state index contributed by atoms with van der Waals surface area (Å²) in [5, 5.41) is 6.04. The van der Waals surface area contributed by atoms with Gasteiger partial charge in [-0.1, -0.05) is 0 Å². The highest BCUT2D eigenvalue weighted by Crippen LogP contribution is 2.26. The molecule has 7 nitrogen and oxygen atoms in total. The Morgan fingerprint density at radius 2 is 1.89 bits per heavy atom. The minimum Gasteiger partial charge on any atom is -0.497 e. The molecule has 2 rings (SSSR count). The van der Waals surface area contributed by atoms with Crippen molar-refractivity contribution in [3.05, 3.63) is 29.6 Å². The minimum absolute atomic E-state index is 0.0784. The van der Waals surface area contributed by atoms with Crippen molar-refractivity contribution in [1.82, 2.24) is 15.2 Å². The van der Waals surface area contributed by atoms with Crippen molar-refractivity contribution >= 4 is 16.0 Å². The van der Waals surface area contributed by atoms with E-state index < -0.39 is 10.0 Å². The van der Waals surface area contributed by atoms with Gasteiger partial charge in [-0.25, -0.2) is 18.2 Å². The monoisotopic (exact) mass is 282 g/mol. The molecule has 0 aliphatic carbocycles. The van der Waals surface area contributed by atoms with Crippen LogP contribution in [0.1, 0.15) is 11.1 Å². The van der Waals surface area contributed by atoms with Crippen molar-refractivity contribution in [3.8, 4) is 5.75 Å². The SMILES string of the molecule is COc1cc(C)c(S(=O)(=O)Nc2ncn[nH]2)c(C)c1. The zero-order valence-electron chi connectivity index (χ0n) is 10.8. The first kappa shape index (κ1) is 13.3. The highest BCUT2D eigenvalue weighted by atomic mass is 32.2. The molecule has 0 unspecified atom stereocenters. The number of sulfonamides is 1. The van der Waals surface area contributed by atoms with Gasteiger partial charge < -0.3 is 4.74 Å². The Hall–Kier alpha value is -2.09. The van der Waals surface area contributed by atoms with E-state index >= 15 is 0 Å². The van der Waals surface area contributed by atoms with Crippen LogP contribution in [0, 0.1) is 13.8 Å². The van der Waals surface area contributed by atoms with Crippen molar-refractivity contribution in [1.29, 1.82) is 0 Å². The first-order valence-electron chi connectivity index (χ1n) is 5.47. The summed E-state index contributed by atoms with van der Waals surface area (Å²) in [5.74, 6) is 0.697. The third-order valence-corrected chi connectivity index (χ3v) is 4.23. The lowest BCUT2D eigenvalue weighted by Gasteiger charge is -2.12. The maximum atomic E-state index is 12.3. The average molecular weight is 282 g/mol. The molecule has 1 aromatic carbocycles. The standard InChI is InChI=1S/C11H14N4O3S/c1-7-4-9(18-3)5-8(2)10(7)19(16,17)15-11-12-6-13-14-11/h4-6H,1-3H3,(H2,12,13,14,15). The number of benzene rings is 1. The molecule has 0 aliphatic heterocycles. The van der Waals surface area contributed by atoms with Crippen LogP contribution in [-0.2, 0) is 10.0 Å². The van der Waals surface area contributed by atoms with E-state index in [-0.39, 0.29) is 10.8 Å². The molecule has 0 amide bonds. The Balaban J connectivity index is 2.46.